The van der Waals surface area contributed by atoms with Gasteiger partial charge >= 0.3 is 5.69 Å². The number of pyridine rings is 1. The van der Waals surface area contributed by atoms with Gasteiger partial charge in [-0.2, -0.15) is 5.10 Å². The van der Waals surface area contributed by atoms with Crippen molar-refractivity contribution in [2.45, 2.75) is 6.54 Å². The highest BCUT2D eigenvalue weighted by Gasteiger charge is 2.05. The fourth-order valence-corrected chi connectivity index (χ4v) is 1.27. The molecular weight excluding hydrogens is 194 g/mol. The van der Waals surface area contributed by atoms with E-state index in [0.29, 0.717) is 12.4 Å². The minimum absolute atomic E-state index is 0.168. The maximum atomic E-state index is 11.5. The molecule has 0 spiro atoms. The minimum Gasteiger partial charge on any atom is -0.383 e. The van der Waals surface area contributed by atoms with Gasteiger partial charge in [-0.1, -0.05) is 6.07 Å². The van der Waals surface area contributed by atoms with E-state index in [1.165, 1.54) is 15.6 Å². The van der Waals surface area contributed by atoms with E-state index in [-0.39, 0.29) is 5.69 Å². The van der Waals surface area contributed by atoms with E-state index in [2.05, 4.69) is 10.1 Å². The van der Waals surface area contributed by atoms with Crippen LogP contribution in [0.25, 0.3) is 0 Å². The molecule has 0 bridgehead atoms. The monoisotopic (exact) mass is 205 g/mol. The lowest BCUT2D eigenvalue weighted by atomic mass is 10.2. The van der Waals surface area contributed by atoms with Gasteiger partial charge in [0, 0.05) is 18.8 Å². The lowest BCUT2D eigenvalue weighted by Crippen LogP contribution is -2.23. The van der Waals surface area contributed by atoms with Crippen LogP contribution in [0.1, 0.15) is 5.56 Å². The summed E-state index contributed by atoms with van der Waals surface area (Å²) in [7, 11) is 1.65. The average molecular weight is 205 g/mol. The van der Waals surface area contributed by atoms with Crippen LogP contribution in [-0.4, -0.2) is 19.3 Å². The van der Waals surface area contributed by atoms with Gasteiger partial charge in [0.05, 0.1) is 6.54 Å². The van der Waals surface area contributed by atoms with Gasteiger partial charge in [0.2, 0.25) is 0 Å². The summed E-state index contributed by atoms with van der Waals surface area (Å²) in [6, 6.07) is 3.60. The Morgan fingerprint density at radius 1 is 1.53 bits per heavy atom. The highest BCUT2D eigenvalue weighted by molar-refractivity contribution is 5.38. The van der Waals surface area contributed by atoms with Crippen LogP contribution in [0.2, 0.25) is 0 Å². The van der Waals surface area contributed by atoms with E-state index < -0.39 is 0 Å². The van der Waals surface area contributed by atoms with Crippen molar-refractivity contribution in [2.24, 2.45) is 7.05 Å². The van der Waals surface area contributed by atoms with Crippen molar-refractivity contribution in [3.05, 3.63) is 40.7 Å². The Balaban J connectivity index is 2.34. The Labute approximate surface area is 86.0 Å². The molecule has 2 aromatic rings. The van der Waals surface area contributed by atoms with E-state index in [9.17, 15) is 4.79 Å². The molecule has 0 amide bonds. The Bertz CT molecular complexity index is 527. The van der Waals surface area contributed by atoms with Crippen LogP contribution in [0.5, 0.6) is 0 Å². The van der Waals surface area contributed by atoms with Crippen molar-refractivity contribution in [1.29, 1.82) is 0 Å². The molecule has 2 rings (SSSR count). The molecule has 0 aliphatic heterocycles. The standard InChI is InChI=1S/C9H11N5O/c1-13-6-12-14(9(13)15)5-7-3-2-4-11-8(7)10/h2-4,6H,5H2,1H3,(H2,10,11). The molecule has 0 radical (unpaired) electrons. The van der Waals surface area contributed by atoms with Crippen molar-refractivity contribution < 1.29 is 0 Å². The van der Waals surface area contributed by atoms with Gasteiger partial charge in [-0.15, -0.1) is 0 Å². The third-order valence-corrected chi connectivity index (χ3v) is 2.13. The Morgan fingerprint density at radius 3 is 2.93 bits per heavy atom. The average Bonchev–Trinajstić information content (AvgIpc) is 2.53. The molecule has 0 aromatic carbocycles. The van der Waals surface area contributed by atoms with Gasteiger partial charge in [-0.05, 0) is 6.07 Å². The van der Waals surface area contributed by atoms with E-state index >= 15 is 0 Å². The van der Waals surface area contributed by atoms with Crippen molar-refractivity contribution in [2.75, 3.05) is 5.73 Å². The van der Waals surface area contributed by atoms with Crippen LogP contribution >= 0.6 is 0 Å². The summed E-state index contributed by atoms with van der Waals surface area (Å²) in [6.07, 6.45) is 3.08. The molecule has 2 N–H and O–H groups in total. The lowest BCUT2D eigenvalue weighted by Gasteiger charge is -2.02. The second kappa shape index (κ2) is 3.56. The number of aryl methyl sites for hydroxylation is 1. The summed E-state index contributed by atoms with van der Waals surface area (Å²) in [6.45, 7) is 0.347. The Kier molecular flexibility index (Phi) is 2.24. The van der Waals surface area contributed by atoms with E-state index in [1.54, 1.807) is 19.3 Å². The molecule has 0 saturated heterocycles. The van der Waals surface area contributed by atoms with Crippen molar-refractivity contribution >= 4 is 5.82 Å². The summed E-state index contributed by atoms with van der Waals surface area (Å²) in [5, 5.41) is 3.94. The normalized spacial score (nSPS) is 10.5. The zero-order valence-electron chi connectivity index (χ0n) is 8.29. The number of hydrogen-bond acceptors (Lipinski definition) is 4. The molecule has 0 aliphatic rings. The lowest BCUT2D eigenvalue weighted by molar-refractivity contribution is 0.646. The van der Waals surface area contributed by atoms with Gasteiger partial charge in [0.25, 0.3) is 0 Å². The first kappa shape index (κ1) is 9.45. The first-order chi connectivity index (χ1) is 7.18. The Hall–Kier alpha value is -2.11. The zero-order chi connectivity index (χ0) is 10.8. The maximum absolute atomic E-state index is 11.5. The SMILES string of the molecule is Cn1cnn(Cc2cccnc2N)c1=O. The molecule has 0 aliphatic carbocycles. The molecule has 15 heavy (non-hydrogen) atoms. The largest absolute Gasteiger partial charge is 0.383 e. The third kappa shape index (κ3) is 1.74. The molecule has 0 unspecified atom stereocenters. The number of nitrogens with zero attached hydrogens (tertiary/aromatic N) is 4. The molecule has 6 nitrogen and oxygen atoms in total. The number of rotatable bonds is 2. The highest BCUT2D eigenvalue weighted by atomic mass is 16.2. The fourth-order valence-electron chi connectivity index (χ4n) is 1.27. The van der Waals surface area contributed by atoms with Crippen molar-refractivity contribution in [3.8, 4) is 0 Å². The summed E-state index contributed by atoms with van der Waals surface area (Å²) < 4.78 is 2.75. The molecule has 6 heteroatoms. The number of aromatic nitrogens is 4. The van der Waals surface area contributed by atoms with Crippen LogP contribution in [0.3, 0.4) is 0 Å². The predicted octanol–water partition coefficient (Wildman–Crippen LogP) is -0.393. The number of nitrogens with two attached hydrogens (primary N) is 1. The van der Waals surface area contributed by atoms with Crippen molar-refractivity contribution in [1.82, 2.24) is 19.3 Å². The van der Waals surface area contributed by atoms with Gasteiger partial charge in [-0.3, -0.25) is 4.57 Å². The third-order valence-electron chi connectivity index (χ3n) is 2.13. The summed E-state index contributed by atoms with van der Waals surface area (Å²) in [4.78, 5) is 15.4. The van der Waals surface area contributed by atoms with Crippen molar-refractivity contribution in [3.63, 3.8) is 0 Å². The van der Waals surface area contributed by atoms with Gasteiger partial charge in [-0.25, -0.2) is 14.5 Å². The second-order valence-electron chi connectivity index (χ2n) is 3.23. The zero-order valence-corrected chi connectivity index (χ0v) is 8.29. The molecule has 2 aromatic heterocycles. The molecule has 78 valence electrons. The fraction of sp³-hybridized carbons (Fsp3) is 0.222. The molecule has 0 atom stereocenters. The number of hydrogen-bond donors (Lipinski definition) is 1. The first-order valence-corrected chi connectivity index (χ1v) is 4.46. The molecule has 2 heterocycles. The number of anilines is 1. The van der Waals surface area contributed by atoms with Gasteiger partial charge in [0.15, 0.2) is 0 Å². The minimum atomic E-state index is -0.168. The van der Waals surface area contributed by atoms with E-state index in [0.717, 1.165) is 5.56 Å². The quantitative estimate of drug-likeness (QED) is 0.724. The summed E-state index contributed by atoms with van der Waals surface area (Å²) in [5.41, 5.74) is 6.29. The predicted molar refractivity (Wildman–Crippen MR) is 55.2 cm³/mol. The maximum Gasteiger partial charge on any atom is 0.345 e. The molecule has 0 fully saturated rings. The van der Waals surface area contributed by atoms with Crippen LogP contribution < -0.4 is 11.4 Å². The van der Waals surface area contributed by atoms with Crippen LogP contribution in [0.4, 0.5) is 5.82 Å². The first-order valence-electron chi connectivity index (χ1n) is 4.46. The van der Waals surface area contributed by atoms with Crippen LogP contribution in [0, 0.1) is 0 Å². The van der Waals surface area contributed by atoms with Gasteiger partial charge in [0.1, 0.15) is 12.1 Å². The highest BCUT2D eigenvalue weighted by Crippen LogP contribution is 2.06. The van der Waals surface area contributed by atoms with Crippen LogP contribution in [-0.2, 0) is 13.6 Å². The summed E-state index contributed by atoms with van der Waals surface area (Å²) in [5.74, 6) is 0.426. The van der Waals surface area contributed by atoms with E-state index in [1.807, 2.05) is 6.07 Å². The Morgan fingerprint density at radius 2 is 2.33 bits per heavy atom. The van der Waals surface area contributed by atoms with E-state index in [4.69, 9.17) is 5.73 Å². The summed E-state index contributed by atoms with van der Waals surface area (Å²) >= 11 is 0. The van der Waals surface area contributed by atoms with Gasteiger partial charge < -0.3 is 5.73 Å². The second-order valence-corrected chi connectivity index (χ2v) is 3.23. The topological polar surface area (TPSA) is 78.7 Å². The number of nitrogen functional groups attached to an aromatic ring is 1. The van der Waals surface area contributed by atoms with Crippen LogP contribution in [0.15, 0.2) is 29.5 Å². The molecule has 0 saturated carbocycles. The smallest absolute Gasteiger partial charge is 0.345 e. The molecular formula is C9H11N5O.